The van der Waals surface area contributed by atoms with Crippen molar-refractivity contribution in [1.82, 2.24) is 10.2 Å². The van der Waals surface area contributed by atoms with E-state index < -0.39 is 6.04 Å². The first kappa shape index (κ1) is 19.0. The van der Waals surface area contributed by atoms with Crippen LogP contribution < -0.4 is 15.4 Å². The fraction of sp³-hybridized carbons (Fsp3) is 0.300. The van der Waals surface area contributed by atoms with E-state index in [1.165, 1.54) is 0 Å². The lowest BCUT2D eigenvalue weighted by molar-refractivity contribution is -0.124. The van der Waals surface area contributed by atoms with Gasteiger partial charge in [-0.25, -0.2) is 4.79 Å². The van der Waals surface area contributed by atoms with Crippen molar-refractivity contribution < 1.29 is 14.3 Å². The SMILES string of the molecule is COc1ccc(NC(=O)N2CCC[C@@H]2C(=O)NCc2ccccc2Cl)cc1. The highest BCUT2D eigenvalue weighted by Crippen LogP contribution is 2.21. The minimum absolute atomic E-state index is 0.169. The summed E-state index contributed by atoms with van der Waals surface area (Å²) in [4.78, 5) is 26.8. The number of carbonyl (C=O) groups is 2. The standard InChI is InChI=1S/C20H22ClN3O3/c1-27-16-10-8-15(9-11-16)23-20(26)24-12-4-7-18(24)19(25)22-13-14-5-2-3-6-17(14)21/h2-3,5-6,8-11,18H,4,7,12-13H2,1H3,(H,22,25)(H,23,26)/t18-/m1/s1. The highest BCUT2D eigenvalue weighted by molar-refractivity contribution is 6.31. The molecule has 0 bridgehead atoms. The number of urea groups is 1. The predicted molar refractivity (Wildman–Crippen MR) is 105 cm³/mol. The third-order valence-electron chi connectivity index (χ3n) is 4.57. The van der Waals surface area contributed by atoms with Crippen molar-refractivity contribution in [3.8, 4) is 5.75 Å². The number of carbonyl (C=O) groups excluding carboxylic acids is 2. The van der Waals surface area contributed by atoms with Crippen molar-refractivity contribution in [3.63, 3.8) is 0 Å². The number of hydrogen-bond acceptors (Lipinski definition) is 3. The van der Waals surface area contributed by atoms with Gasteiger partial charge < -0.3 is 20.3 Å². The van der Waals surface area contributed by atoms with Gasteiger partial charge in [0.05, 0.1) is 7.11 Å². The molecule has 1 fully saturated rings. The molecule has 1 saturated heterocycles. The van der Waals surface area contributed by atoms with Crippen molar-refractivity contribution in [3.05, 3.63) is 59.1 Å². The fourth-order valence-electron chi connectivity index (χ4n) is 3.09. The molecule has 0 saturated carbocycles. The maximum absolute atomic E-state index is 12.6. The molecule has 2 N–H and O–H groups in total. The molecule has 2 aromatic rings. The molecule has 27 heavy (non-hydrogen) atoms. The number of likely N-dealkylation sites (tertiary alicyclic amines) is 1. The van der Waals surface area contributed by atoms with Crippen LogP contribution in [0.25, 0.3) is 0 Å². The average molecular weight is 388 g/mol. The summed E-state index contributed by atoms with van der Waals surface area (Å²) in [5.74, 6) is 0.545. The first-order valence-electron chi connectivity index (χ1n) is 8.81. The van der Waals surface area contributed by atoms with Crippen LogP contribution in [0.2, 0.25) is 5.02 Å². The summed E-state index contributed by atoms with van der Waals surface area (Å²) >= 11 is 6.12. The second-order valence-electron chi connectivity index (χ2n) is 6.32. The Morgan fingerprint density at radius 1 is 1.19 bits per heavy atom. The van der Waals surface area contributed by atoms with E-state index in [2.05, 4.69) is 10.6 Å². The highest BCUT2D eigenvalue weighted by Gasteiger charge is 2.34. The number of ether oxygens (including phenoxy) is 1. The van der Waals surface area contributed by atoms with Gasteiger partial charge in [-0.3, -0.25) is 4.79 Å². The topological polar surface area (TPSA) is 70.7 Å². The lowest BCUT2D eigenvalue weighted by atomic mass is 10.2. The van der Waals surface area contributed by atoms with Crippen LogP contribution in [0.5, 0.6) is 5.75 Å². The third kappa shape index (κ3) is 4.71. The molecule has 0 radical (unpaired) electrons. The smallest absolute Gasteiger partial charge is 0.322 e. The summed E-state index contributed by atoms with van der Waals surface area (Å²) in [6.45, 7) is 0.884. The zero-order chi connectivity index (χ0) is 19.2. The van der Waals surface area contributed by atoms with E-state index >= 15 is 0 Å². The van der Waals surface area contributed by atoms with Crippen molar-refractivity contribution in [2.24, 2.45) is 0 Å². The Hall–Kier alpha value is -2.73. The van der Waals surface area contributed by atoms with E-state index in [1.807, 2.05) is 18.2 Å². The van der Waals surface area contributed by atoms with Crippen LogP contribution in [0.3, 0.4) is 0 Å². The maximum atomic E-state index is 12.6. The van der Waals surface area contributed by atoms with Crippen molar-refractivity contribution in [1.29, 1.82) is 0 Å². The molecule has 0 spiro atoms. The highest BCUT2D eigenvalue weighted by atomic mass is 35.5. The van der Waals surface area contributed by atoms with Gasteiger partial charge in [-0.15, -0.1) is 0 Å². The molecule has 7 heteroatoms. The first-order chi connectivity index (χ1) is 13.1. The summed E-state index contributed by atoms with van der Waals surface area (Å²) < 4.78 is 5.11. The second-order valence-corrected chi connectivity index (χ2v) is 6.73. The Morgan fingerprint density at radius 2 is 1.93 bits per heavy atom. The van der Waals surface area contributed by atoms with Crippen molar-refractivity contribution in [2.75, 3.05) is 19.0 Å². The van der Waals surface area contributed by atoms with Crippen LogP contribution >= 0.6 is 11.6 Å². The quantitative estimate of drug-likeness (QED) is 0.822. The summed E-state index contributed by atoms with van der Waals surface area (Å²) in [7, 11) is 1.59. The number of rotatable bonds is 5. The van der Waals surface area contributed by atoms with Gasteiger partial charge in [0.1, 0.15) is 11.8 Å². The average Bonchev–Trinajstić information content (AvgIpc) is 3.18. The number of nitrogens with zero attached hydrogens (tertiary/aromatic N) is 1. The van der Waals surface area contributed by atoms with E-state index in [4.69, 9.17) is 16.3 Å². The third-order valence-corrected chi connectivity index (χ3v) is 4.94. The number of halogens is 1. The normalized spacial score (nSPS) is 16.1. The molecule has 1 aliphatic rings. The number of benzene rings is 2. The minimum atomic E-state index is -0.481. The van der Waals surface area contributed by atoms with Crippen LogP contribution in [0.4, 0.5) is 10.5 Å². The number of nitrogens with one attached hydrogen (secondary N) is 2. The molecule has 2 aromatic carbocycles. The molecule has 1 atom stereocenters. The Labute approximate surface area is 163 Å². The number of hydrogen-bond donors (Lipinski definition) is 2. The molecule has 142 valence electrons. The molecule has 1 heterocycles. The van der Waals surface area contributed by atoms with Crippen molar-refractivity contribution >= 4 is 29.2 Å². The number of anilines is 1. The summed E-state index contributed by atoms with van der Waals surface area (Å²) in [5, 5.41) is 6.33. The molecule has 0 aliphatic carbocycles. The van der Waals surface area contributed by atoms with Gasteiger partial charge in [0.2, 0.25) is 5.91 Å². The maximum Gasteiger partial charge on any atom is 0.322 e. The Balaban J connectivity index is 1.59. The molecular formula is C20H22ClN3O3. The molecular weight excluding hydrogens is 366 g/mol. The minimum Gasteiger partial charge on any atom is -0.497 e. The Kier molecular flexibility index (Phi) is 6.19. The van der Waals surface area contributed by atoms with Gasteiger partial charge in [-0.2, -0.15) is 0 Å². The molecule has 0 unspecified atom stereocenters. The zero-order valence-corrected chi connectivity index (χ0v) is 15.8. The molecule has 6 nitrogen and oxygen atoms in total. The summed E-state index contributed by atoms with van der Waals surface area (Å²) in [5.41, 5.74) is 1.50. The lowest BCUT2D eigenvalue weighted by Gasteiger charge is -2.24. The molecule has 1 aliphatic heterocycles. The fourth-order valence-corrected chi connectivity index (χ4v) is 3.30. The monoisotopic (exact) mass is 387 g/mol. The Bertz CT molecular complexity index is 810. The zero-order valence-electron chi connectivity index (χ0n) is 15.1. The van der Waals surface area contributed by atoms with E-state index in [1.54, 1.807) is 42.3 Å². The van der Waals surface area contributed by atoms with E-state index in [0.29, 0.717) is 36.0 Å². The van der Waals surface area contributed by atoms with Gasteiger partial charge in [-0.05, 0) is 48.7 Å². The molecule has 3 rings (SSSR count). The van der Waals surface area contributed by atoms with Crippen LogP contribution in [0.15, 0.2) is 48.5 Å². The summed E-state index contributed by atoms with van der Waals surface area (Å²) in [6.07, 6.45) is 1.44. The summed E-state index contributed by atoms with van der Waals surface area (Å²) in [6, 6.07) is 13.7. The van der Waals surface area contributed by atoms with E-state index in [-0.39, 0.29) is 11.9 Å². The second kappa shape index (κ2) is 8.77. The largest absolute Gasteiger partial charge is 0.497 e. The van der Waals surface area contributed by atoms with Gasteiger partial charge in [0, 0.05) is 23.8 Å². The van der Waals surface area contributed by atoms with Crippen LogP contribution in [0.1, 0.15) is 18.4 Å². The van der Waals surface area contributed by atoms with Gasteiger partial charge >= 0.3 is 6.03 Å². The van der Waals surface area contributed by atoms with E-state index in [9.17, 15) is 9.59 Å². The Morgan fingerprint density at radius 3 is 2.63 bits per heavy atom. The van der Waals surface area contributed by atoms with E-state index in [0.717, 1.165) is 12.0 Å². The van der Waals surface area contributed by atoms with Crippen LogP contribution in [-0.4, -0.2) is 36.5 Å². The van der Waals surface area contributed by atoms with Crippen LogP contribution in [-0.2, 0) is 11.3 Å². The number of methoxy groups -OCH3 is 1. The predicted octanol–water partition coefficient (Wildman–Crippen LogP) is 3.66. The van der Waals surface area contributed by atoms with Crippen LogP contribution in [0, 0.1) is 0 Å². The molecule has 3 amide bonds. The molecule has 0 aromatic heterocycles. The van der Waals surface area contributed by atoms with Gasteiger partial charge in [-0.1, -0.05) is 29.8 Å². The number of amides is 3. The van der Waals surface area contributed by atoms with Crippen molar-refractivity contribution in [2.45, 2.75) is 25.4 Å². The first-order valence-corrected chi connectivity index (χ1v) is 9.19. The lowest BCUT2D eigenvalue weighted by Crippen LogP contribution is -2.47. The van der Waals surface area contributed by atoms with Gasteiger partial charge in [0.15, 0.2) is 0 Å². The van der Waals surface area contributed by atoms with Gasteiger partial charge in [0.25, 0.3) is 0 Å².